The first-order chi connectivity index (χ1) is 25.3. The van der Waals surface area contributed by atoms with Gasteiger partial charge in [-0.25, -0.2) is 4.79 Å². The Kier molecular flexibility index (Phi) is 20.8. The van der Waals surface area contributed by atoms with E-state index in [4.69, 9.17) is 0 Å². The van der Waals surface area contributed by atoms with Gasteiger partial charge in [0.2, 0.25) is 35.4 Å². The molecule has 0 aliphatic heterocycles. The molecule has 0 saturated heterocycles. The number of nitrogens with one attached hydrogen (secondary N) is 6. The van der Waals surface area contributed by atoms with E-state index in [2.05, 4.69) is 31.9 Å². The molecule has 1 aliphatic carbocycles. The number of amides is 6. The Hall–Kier alpha value is -4.77. The van der Waals surface area contributed by atoms with E-state index in [0.29, 0.717) is 6.42 Å². The van der Waals surface area contributed by atoms with Crippen molar-refractivity contribution in [3.8, 4) is 0 Å². The molecular formula is C36H60N6O12. The average molecular weight is 769 g/mol. The molecule has 0 spiro atoms. The first-order valence-electron chi connectivity index (χ1n) is 18.7. The third-order valence-corrected chi connectivity index (χ3v) is 9.44. The van der Waals surface area contributed by atoms with Gasteiger partial charge in [-0.1, -0.05) is 73.1 Å². The maximum absolute atomic E-state index is 13.9. The van der Waals surface area contributed by atoms with Crippen molar-refractivity contribution in [2.24, 2.45) is 17.8 Å². The van der Waals surface area contributed by atoms with Crippen molar-refractivity contribution >= 4 is 53.4 Å². The number of carbonyl (C=O) groups excluding carboxylic acids is 6. The van der Waals surface area contributed by atoms with E-state index in [1.165, 1.54) is 0 Å². The van der Waals surface area contributed by atoms with Gasteiger partial charge in [-0.05, 0) is 43.4 Å². The Morgan fingerprint density at radius 3 is 1.61 bits per heavy atom. The van der Waals surface area contributed by atoms with Gasteiger partial charge in [-0.15, -0.1) is 0 Å². The normalized spacial score (nSPS) is 16.9. The smallest absolute Gasteiger partial charge is 0.326 e. The van der Waals surface area contributed by atoms with Crippen molar-refractivity contribution in [2.75, 3.05) is 0 Å². The highest BCUT2D eigenvalue weighted by Crippen LogP contribution is 2.27. The van der Waals surface area contributed by atoms with Crippen LogP contribution >= 0.6 is 0 Å². The van der Waals surface area contributed by atoms with E-state index >= 15 is 0 Å². The molecule has 1 aliphatic rings. The molecule has 0 unspecified atom stereocenters. The number of carboxylic acids is 3. The molecule has 18 nitrogen and oxygen atoms in total. The highest BCUT2D eigenvalue weighted by atomic mass is 16.4. The second kappa shape index (κ2) is 23.8. The first-order valence-corrected chi connectivity index (χ1v) is 18.7. The van der Waals surface area contributed by atoms with E-state index in [1.807, 2.05) is 0 Å². The van der Waals surface area contributed by atoms with Crippen LogP contribution in [0, 0.1) is 17.8 Å². The van der Waals surface area contributed by atoms with Crippen molar-refractivity contribution in [3.05, 3.63) is 0 Å². The van der Waals surface area contributed by atoms with Crippen LogP contribution in [0.5, 0.6) is 0 Å². The number of aliphatic carboxylic acids is 3. The number of hydrogen-bond donors (Lipinski definition) is 9. The molecule has 1 saturated carbocycles. The van der Waals surface area contributed by atoms with Gasteiger partial charge in [-0.3, -0.25) is 38.4 Å². The van der Waals surface area contributed by atoms with Crippen molar-refractivity contribution in [1.82, 2.24) is 31.9 Å². The summed E-state index contributed by atoms with van der Waals surface area (Å²) in [5.74, 6) is -9.30. The summed E-state index contributed by atoms with van der Waals surface area (Å²) >= 11 is 0. The Morgan fingerprint density at radius 1 is 0.593 bits per heavy atom. The molecule has 6 amide bonds. The van der Waals surface area contributed by atoms with Gasteiger partial charge in [0.1, 0.15) is 36.3 Å². The van der Waals surface area contributed by atoms with Crippen LogP contribution in [0.4, 0.5) is 0 Å². The molecule has 0 heterocycles. The Bertz CT molecular complexity index is 1320. The minimum absolute atomic E-state index is 0.0554. The van der Waals surface area contributed by atoms with Gasteiger partial charge in [-0.2, -0.15) is 0 Å². The van der Waals surface area contributed by atoms with E-state index in [1.54, 1.807) is 34.6 Å². The predicted octanol–water partition coefficient (Wildman–Crippen LogP) is 0.812. The van der Waals surface area contributed by atoms with E-state index in [0.717, 1.165) is 39.0 Å². The van der Waals surface area contributed by atoms with Crippen LogP contribution in [0.3, 0.4) is 0 Å². The van der Waals surface area contributed by atoms with Crippen molar-refractivity contribution in [2.45, 2.75) is 155 Å². The minimum atomic E-state index is -1.58. The minimum Gasteiger partial charge on any atom is -0.481 e. The lowest BCUT2D eigenvalue weighted by Crippen LogP contribution is -2.61. The van der Waals surface area contributed by atoms with Gasteiger partial charge < -0.3 is 47.2 Å². The van der Waals surface area contributed by atoms with E-state index in [-0.39, 0.29) is 31.1 Å². The molecule has 0 aromatic carbocycles. The van der Waals surface area contributed by atoms with Crippen LogP contribution in [0.15, 0.2) is 0 Å². The van der Waals surface area contributed by atoms with Crippen LogP contribution < -0.4 is 31.9 Å². The van der Waals surface area contributed by atoms with Crippen LogP contribution in [-0.2, 0) is 43.2 Å². The molecule has 0 aromatic rings. The third kappa shape index (κ3) is 17.4. The maximum atomic E-state index is 13.9. The number of rotatable bonds is 24. The molecular weight excluding hydrogens is 708 g/mol. The number of carboxylic acid groups (broad SMARTS) is 3. The molecule has 0 bridgehead atoms. The molecule has 9 N–H and O–H groups in total. The van der Waals surface area contributed by atoms with Gasteiger partial charge in [0.05, 0.1) is 6.42 Å². The molecule has 0 radical (unpaired) electrons. The zero-order valence-electron chi connectivity index (χ0n) is 32.2. The predicted molar refractivity (Wildman–Crippen MR) is 194 cm³/mol. The Balaban J connectivity index is 3.34. The highest BCUT2D eigenvalue weighted by molar-refractivity contribution is 5.97. The van der Waals surface area contributed by atoms with Gasteiger partial charge in [0.15, 0.2) is 0 Å². The summed E-state index contributed by atoms with van der Waals surface area (Å²) in [5.41, 5.74) is 0. The maximum Gasteiger partial charge on any atom is 0.326 e. The second-order valence-corrected chi connectivity index (χ2v) is 14.5. The van der Waals surface area contributed by atoms with E-state index < -0.39 is 115 Å². The summed E-state index contributed by atoms with van der Waals surface area (Å²) in [6, 6.07) is -7.84. The zero-order chi connectivity index (χ0) is 41.1. The highest BCUT2D eigenvalue weighted by Gasteiger charge is 2.36. The lowest BCUT2D eigenvalue weighted by atomic mass is 9.84. The fourth-order valence-electron chi connectivity index (χ4n) is 6.23. The summed E-state index contributed by atoms with van der Waals surface area (Å²) in [7, 11) is 0. The zero-order valence-corrected chi connectivity index (χ0v) is 32.2. The van der Waals surface area contributed by atoms with Gasteiger partial charge >= 0.3 is 17.9 Å². The number of carbonyl (C=O) groups is 9. The Morgan fingerprint density at radius 2 is 1.11 bits per heavy atom. The molecule has 7 atom stereocenters. The van der Waals surface area contributed by atoms with Crippen molar-refractivity contribution < 1.29 is 58.5 Å². The topological polar surface area (TPSA) is 286 Å². The summed E-state index contributed by atoms with van der Waals surface area (Å²) in [5, 5.41) is 43.0. The fraction of sp³-hybridized carbons (Fsp3) is 0.750. The largest absolute Gasteiger partial charge is 0.481 e. The van der Waals surface area contributed by atoms with Crippen LogP contribution in [-0.4, -0.2) is 105 Å². The van der Waals surface area contributed by atoms with Crippen molar-refractivity contribution in [1.29, 1.82) is 0 Å². The first kappa shape index (κ1) is 47.3. The molecule has 54 heavy (non-hydrogen) atoms. The van der Waals surface area contributed by atoms with Gasteiger partial charge in [0.25, 0.3) is 0 Å². The standard InChI is InChI=1S/C36H60N6O12/c1-7-20(5)30(35(52)41-26(17-22-12-10-9-11-13-22)32(49)38-23(8-2)36(53)54)42-34(51)25(16-19(3)4)40-31(48)24(14-15-28(44)45)39-33(50)27(18-29(46)47)37-21(6)43/h19-20,22-27,30H,7-18H2,1-6H3,(H,37,43)(H,38,49)(H,39,50)(H,40,48)(H,41,52)(H,42,51)(H,44,45)(H,46,47)(H,53,54)/t20-,23+,24-,25+,26+,27+,30+/m1/s1. The molecule has 306 valence electrons. The van der Waals surface area contributed by atoms with Crippen molar-refractivity contribution in [3.63, 3.8) is 0 Å². The van der Waals surface area contributed by atoms with Crippen LogP contribution in [0.1, 0.15) is 119 Å². The van der Waals surface area contributed by atoms with Crippen LogP contribution in [0.2, 0.25) is 0 Å². The molecule has 1 rings (SSSR count). The third-order valence-electron chi connectivity index (χ3n) is 9.44. The lowest BCUT2D eigenvalue weighted by Gasteiger charge is -2.31. The van der Waals surface area contributed by atoms with Crippen LogP contribution in [0.25, 0.3) is 0 Å². The lowest BCUT2D eigenvalue weighted by molar-refractivity contribution is -0.142. The molecule has 18 heteroatoms. The summed E-state index contributed by atoms with van der Waals surface area (Å²) in [6.45, 7) is 9.73. The quantitative estimate of drug-likeness (QED) is 0.0660. The fourth-order valence-corrected chi connectivity index (χ4v) is 6.23. The summed E-state index contributed by atoms with van der Waals surface area (Å²) in [4.78, 5) is 114. The number of hydrogen-bond acceptors (Lipinski definition) is 9. The second-order valence-electron chi connectivity index (χ2n) is 14.5. The van der Waals surface area contributed by atoms with Gasteiger partial charge in [0, 0.05) is 13.3 Å². The monoisotopic (exact) mass is 768 g/mol. The SMILES string of the molecule is CC[C@H](NC(=O)[C@H](CC1CCCCC1)NC(=O)[C@@H](NC(=O)[C@H](CC(C)C)NC(=O)[C@@H](CCC(=O)O)NC(=O)[C@H](CC(=O)O)NC(C)=O)[C@H](C)CC)C(=O)O. The molecule has 1 fully saturated rings. The van der Waals surface area contributed by atoms with E-state index in [9.17, 15) is 58.5 Å². The Labute approximate surface area is 316 Å². The molecule has 0 aromatic heterocycles. The summed E-state index contributed by atoms with van der Waals surface area (Å²) < 4.78 is 0. The average Bonchev–Trinajstić information content (AvgIpc) is 3.09. The summed E-state index contributed by atoms with van der Waals surface area (Å²) in [6.07, 6.45) is 3.72.